The highest BCUT2D eigenvalue weighted by molar-refractivity contribution is 9.10. The maximum atomic E-state index is 12.6. The van der Waals surface area contributed by atoms with Crippen LogP contribution in [0.1, 0.15) is 21.7 Å². The van der Waals surface area contributed by atoms with Gasteiger partial charge >= 0.3 is 0 Å². The third kappa shape index (κ3) is 5.51. The Hall–Kier alpha value is -2.81. The lowest BCUT2D eigenvalue weighted by atomic mass is 10.2. The lowest BCUT2D eigenvalue weighted by Crippen LogP contribution is -2.15. The number of aryl methyl sites for hydroxylation is 1. The first kappa shape index (κ1) is 22.4. The molecule has 0 radical (unpaired) electrons. The average Bonchev–Trinajstić information content (AvgIpc) is 3.34. The Morgan fingerprint density at radius 2 is 1.97 bits per heavy atom. The number of hydrogen-bond acceptors (Lipinski definition) is 4. The van der Waals surface area contributed by atoms with Gasteiger partial charge in [-0.15, -0.1) is 0 Å². The highest BCUT2D eigenvalue weighted by Gasteiger charge is 2.13. The zero-order valence-corrected chi connectivity index (χ0v) is 20.0. The molecule has 0 fully saturated rings. The van der Waals surface area contributed by atoms with Crippen LogP contribution < -0.4 is 10.1 Å². The number of hydrogen-bond donors (Lipinski definition) is 1. The van der Waals surface area contributed by atoms with Crippen LogP contribution in [0.3, 0.4) is 0 Å². The second-order valence-corrected chi connectivity index (χ2v) is 8.76. The van der Waals surface area contributed by atoms with Gasteiger partial charge in [0.1, 0.15) is 5.75 Å². The molecular formula is C22H18BrCl2N5O2. The molecule has 0 aliphatic heterocycles. The molecule has 0 aliphatic rings. The first-order valence-corrected chi connectivity index (χ1v) is 11.1. The Labute approximate surface area is 203 Å². The molecule has 7 nitrogen and oxygen atoms in total. The number of nitrogens with zero attached hydrogens (tertiary/aromatic N) is 4. The number of rotatable bonds is 7. The molecule has 2 aromatic carbocycles. The van der Waals surface area contributed by atoms with Crippen LogP contribution in [-0.2, 0) is 13.3 Å². The molecule has 164 valence electrons. The van der Waals surface area contributed by atoms with Crippen molar-refractivity contribution in [3.8, 4) is 5.75 Å². The minimum absolute atomic E-state index is 0.113. The maximum absolute atomic E-state index is 12.6. The summed E-state index contributed by atoms with van der Waals surface area (Å²) in [5, 5.41) is 12.6. The van der Waals surface area contributed by atoms with Crippen LogP contribution in [0.2, 0.25) is 10.0 Å². The van der Waals surface area contributed by atoms with Gasteiger partial charge in [-0.05, 0) is 48.9 Å². The predicted molar refractivity (Wildman–Crippen MR) is 127 cm³/mol. The van der Waals surface area contributed by atoms with Crippen molar-refractivity contribution in [2.24, 2.45) is 0 Å². The quantitative estimate of drug-likeness (QED) is 0.325. The largest absolute Gasteiger partial charge is 0.470 e. The average molecular weight is 535 g/mol. The summed E-state index contributed by atoms with van der Waals surface area (Å²) in [5.74, 6) is 0.608. The van der Waals surface area contributed by atoms with Crippen molar-refractivity contribution in [1.29, 1.82) is 0 Å². The monoisotopic (exact) mass is 533 g/mol. The molecule has 32 heavy (non-hydrogen) atoms. The van der Waals surface area contributed by atoms with Crippen molar-refractivity contribution in [3.05, 3.63) is 92.3 Å². The number of benzene rings is 2. The van der Waals surface area contributed by atoms with Gasteiger partial charge in [-0.1, -0.05) is 51.3 Å². The van der Waals surface area contributed by atoms with Gasteiger partial charge in [0.15, 0.2) is 18.2 Å². The SMILES string of the molecule is Cc1cc(NC(=O)c2ccn(COc3ccc(Br)cc3Cl)n2)nn1Cc1cccc(Cl)c1. The Balaban J connectivity index is 1.38. The van der Waals surface area contributed by atoms with E-state index in [2.05, 4.69) is 31.4 Å². The van der Waals surface area contributed by atoms with Gasteiger partial charge in [0.05, 0.1) is 11.6 Å². The van der Waals surface area contributed by atoms with Crippen molar-refractivity contribution < 1.29 is 9.53 Å². The fourth-order valence-electron chi connectivity index (χ4n) is 3.00. The van der Waals surface area contributed by atoms with E-state index in [-0.39, 0.29) is 18.3 Å². The van der Waals surface area contributed by atoms with Crippen LogP contribution >= 0.6 is 39.1 Å². The standard InChI is InChI=1S/C22H18BrCl2N5O2/c1-14-9-21(28-30(14)12-15-3-2-4-17(24)10-15)26-22(31)19-7-8-29(27-19)13-32-20-6-5-16(23)11-18(20)25/h2-11H,12-13H2,1H3,(H,26,28,31). The topological polar surface area (TPSA) is 74.0 Å². The second kappa shape index (κ2) is 9.77. The van der Waals surface area contributed by atoms with E-state index in [1.54, 1.807) is 35.1 Å². The van der Waals surface area contributed by atoms with Gasteiger partial charge in [-0.25, -0.2) is 4.68 Å². The number of ether oxygens (including phenoxy) is 1. The summed E-state index contributed by atoms with van der Waals surface area (Å²) in [6, 6.07) is 16.3. The summed E-state index contributed by atoms with van der Waals surface area (Å²) < 4.78 is 9.83. The summed E-state index contributed by atoms with van der Waals surface area (Å²) in [4.78, 5) is 12.6. The van der Waals surface area contributed by atoms with Crippen LogP contribution in [0.5, 0.6) is 5.75 Å². The van der Waals surface area contributed by atoms with Gasteiger partial charge in [0.2, 0.25) is 0 Å². The van der Waals surface area contributed by atoms with Crippen molar-refractivity contribution in [1.82, 2.24) is 19.6 Å². The molecule has 0 saturated carbocycles. The molecule has 0 spiro atoms. The first-order chi connectivity index (χ1) is 15.4. The van der Waals surface area contributed by atoms with E-state index in [1.165, 1.54) is 4.68 Å². The predicted octanol–water partition coefficient (Wildman–Crippen LogP) is 5.79. The van der Waals surface area contributed by atoms with E-state index in [9.17, 15) is 4.79 Å². The molecule has 2 aromatic heterocycles. The summed E-state index contributed by atoms with van der Waals surface area (Å²) in [6.45, 7) is 2.58. The van der Waals surface area contributed by atoms with E-state index >= 15 is 0 Å². The van der Waals surface area contributed by atoms with Crippen LogP contribution in [0.15, 0.2) is 65.3 Å². The lowest BCUT2D eigenvalue weighted by molar-refractivity contribution is 0.101. The number of anilines is 1. The molecule has 1 N–H and O–H groups in total. The smallest absolute Gasteiger partial charge is 0.277 e. The Morgan fingerprint density at radius 3 is 2.75 bits per heavy atom. The van der Waals surface area contributed by atoms with Crippen LogP contribution in [0.4, 0.5) is 5.82 Å². The van der Waals surface area contributed by atoms with Gasteiger partial charge in [0.25, 0.3) is 5.91 Å². The fraction of sp³-hybridized carbons (Fsp3) is 0.136. The van der Waals surface area contributed by atoms with E-state index in [1.807, 2.05) is 37.3 Å². The van der Waals surface area contributed by atoms with Gasteiger partial charge in [-0.2, -0.15) is 10.2 Å². The van der Waals surface area contributed by atoms with E-state index < -0.39 is 0 Å². The summed E-state index contributed by atoms with van der Waals surface area (Å²) in [5.41, 5.74) is 2.18. The Morgan fingerprint density at radius 1 is 1.12 bits per heavy atom. The third-order valence-corrected chi connectivity index (χ3v) is 5.59. The Kier molecular flexibility index (Phi) is 6.83. The van der Waals surface area contributed by atoms with Crippen molar-refractivity contribution in [2.75, 3.05) is 5.32 Å². The first-order valence-electron chi connectivity index (χ1n) is 9.59. The van der Waals surface area contributed by atoms with Gasteiger partial charge in [0, 0.05) is 27.5 Å². The van der Waals surface area contributed by atoms with Crippen molar-refractivity contribution in [2.45, 2.75) is 20.2 Å². The highest BCUT2D eigenvalue weighted by Crippen LogP contribution is 2.27. The number of halogens is 3. The summed E-state index contributed by atoms with van der Waals surface area (Å²) in [7, 11) is 0. The molecule has 0 unspecified atom stereocenters. The third-order valence-electron chi connectivity index (χ3n) is 4.56. The normalized spacial score (nSPS) is 10.9. The van der Waals surface area contributed by atoms with Crippen molar-refractivity contribution in [3.63, 3.8) is 0 Å². The van der Waals surface area contributed by atoms with Gasteiger partial charge in [-0.3, -0.25) is 9.48 Å². The molecule has 4 aromatic rings. The number of nitrogens with one attached hydrogen (secondary N) is 1. The molecule has 10 heteroatoms. The molecule has 1 amide bonds. The molecule has 0 bridgehead atoms. The molecule has 4 rings (SSSR count). The van der Waals surface area contributed by atoms with Crippen molar-refractivity contribution >= 4 is 50.9 Å². The zero-order chi connectivity index (χ0) is 22.7. The second-order valence-electron chi connectivity index (χ2n) is 7.00. The fourth-order valence-corrected chi connectivity index (χ4v) is 3.94. The molecule has 0 saturated heterocycles. The van der Waals surface area contributed by atoms with Crippen LogP contribution in [0.25, 0.3) is 0 Å². The number of aromatic nitrogens is 4. The van der Waals surface area contributed by atoms with Crippen LogP contribution in [-0.4, -0.2) is 25.5 Å². The summed E-state index contributed by atoms with van der Waals surface area (Å²) >= 11 is 15.6. The highest BCUT2D eigenvalue weighted by atomic mass is 79.9. The summed E-state index contributed by atoms with van der Waals surface area (Å²) in [6.07, 6.45) is 1.66. The number of carbonyl (C=O) groups is 1. The zero-order valence-electron chi connectivity index (χ0n) is 16.9. The Bertz CT molecular complexity index is 1270. The van der Waals surface area contributed by atoms with Crippen LogP contribution in [0, 0.1) is 6.92 Å². The van der Waals surface area contributed by atoms with E-state index in [0.717, 1.165) is 15.7 Å². The number of amides is 1. The lowest BCUT2D eigenvalue weighted by Gasteiger charge is -2.08. The molecule has 0 aliphatic carbocycles. The van der Waals surface area contributed by atoms with Gasteiger partial charge < -0.3 is 10.1 Å². The molecule has 0 atom stereocenters. The molecule has 2 heterocycles. The van der Waals surface area contributed by atoms with E-state index in [4.69, 9.17) is 27.9 Å². The number of carbonyl (C=O) groups excluding carboxylic acids is 1. The minimum atomic E-state index is -0.363. The maximum Gasteiger partial charge on any atom is 0.277 e. The van der Waals surface area contributed by atoms with E-state index in [0.29, 0.717) is 28.2 Å². The molecular weight excluding hydrogens is 517 g/mol. The minimum Gasteiger partial charge on any atom is -0.470 e.